The summed E-state index contributed by atoms with van der Waals surface area (Å²) in [7, 11) is 1.62. The van der Waals surface area contributed by atoms with Gasteiger partial charge in [0.15, 0.2) is 0 Å². The molecule has 0 saturated heterocycles. The summed E-state index contributed by atoms with van der Waals surface area (Å²) in [6, 6.07) is 11.1. The van der Waals surface area contributed by atoms with Crippen LogP contribution in [-0.2, 0) is 11.3 Å². The number of thioether (sulfide) groups is 1. The first kappa shape index (κ1) is 17.0. The topological polar surface area (TPSA) is 90.1 Å². The van der Waals surface area contributed by atoms with Gasteiger partial charge in [-0.3, -0.25) is 9.78 Å². The molecule has 25 heavy (non-hydrogen) atoms. The number of methoxy groups -OCH3 is 1. The maximum atomic E-state index is 11.9. The van der Waals surface area contributed by atoms with Crippen molar-refractivity contribution in [2.45, 2.75) is 11.8 Å². The fraction of sp³-hybridized carbons (Fsp3) is 0.176. The van der Waals surface area contributed by atoms with Crippen LogP contribution in [0.4, 0.5) is 0 Å². The van der Waals surface area contributed by atoms with E-state index in [0.717, 1.165) is 16.9 Å². The van der Waals surface area contributed by atoms with Crippen LogP contribution in [0, 0.1) is 0 Å². The predicted molar refractivity (Wildman–Crippen MR) is 93.1 cm³/mol. The molecular formula is C17H16N4O3S. The Kier molecular flexibility index (Phi) is 5.63. The third kappa shape index (κ3) is 4.80. The highest BCUT2D eigenvalue weighted by molar-refractivity contribution is 7.99. The fourth-order valence-corrected chi connectivity index (χ4v) is 2.59. The van der Waals surface area contributed by atoms with Crippen molar-refractivity contribution in [1.29, 1.82) is 0 Å². The van der Waals surface area contributed by atoms with E-state index in [1.165, 1.54) is 11.8 Å². The standard InChI is InChI=1S/C17H16N4O3S/c1-23-14-4-2-12(3-5-14)10-19-15(22)11-25-17-21-20-16(24-17)13-6-8-18-9-7-13/h2-9H,10-11H2,1H3,(H,19,22). The molecule has 3 aromatic rings. The maximum absolute atomic E-state index is 11.9. The molecule has 2 aromatic heterocycles. The van der Waals surface area contributed by atoms with Crippen molar-refractivity contribution < 1.29 is 13.9 Å². The van der Waals surface area contributed by atoms with Crippen LogP contribution in [0.3, 0.4) is 0 Å². The number of amides is 1. The lowest BCUT2D eigenvalue weighted by atomic mass is 10.2. The number of carbonyl (C=O) groups excluding carboxylic acids is 1. The number of hydrogen-bond acceptors (Lipinski definition) is 7. The third-order valence-electron chi connectivity index (χ3n) is 3.31. The lowest BCUT2D eigenvalue weighted by Crippen LogP contribution is -2.24. The zero-order valence-electron chi connectivity index (χ0n) is 13.5. The lowest BCUT2D eigenvalue weighted by molar-refractivity contribution is -0.118. The van der Waals surface area contributed by atoms with Crippen LogP contribution in [0.1, 0.15) is 5.56 Å². The monoisotopic (exact) mass is 356 g/mol. The van der Waals surface area contributed by atoms with Gasteiger partial charge in [-0.25, -0.2) is 0 Å². The molecule has 1 aromatic carbocycles. The second kappa shape index (κ2) is 8.29. The van der Waals surface area contributed by atoms with E-state index in [9.17, 15) is 4.79 Å². The molecule has 0 fully saturated rings. The second-order valence-electron chi connectivity index (χ2n) is 5.02. The van der Waals surface area contributed by atoms with Gasteiger partial charge in [0.25, 0.3) is 5.22 Å². The van der Waals surface area contributed by atoms with Crippen LogP contribution in [0.15, 0.2) is 58.4 Å². The van der Waals surface area contributed by atoms with Crippen LogP contribution < -0.4 is 10.1 Å². The first-order valence-corrected chi connectivity index (χ1v) is 8.49. The summed E-state index contributed by atoms with van der Waals surface area (Å²) in [4.78, 5) is 15.9. The molecule has 0 aliphatic carbocycles. The first-order valence-electron chi connectivity index (χ1n) is 7.51. The van der Waals surface area contributed by atoms with Crippen LogP contribution in [-0.4, -0.2) is 34.0 Å². The van der Waals surface area contributed by atoms with E-state index in [1.807, 2.05) is 24.3 Å². The number of pyridine rings is 1. The lowest BCUT2D eigenvalue weighted by Gasteiger charge is -2.05. The Morgan fingerprint density at radius 3 is 2.64 bits per heavy atom. The van der Waals surface area contributed by atoms with Crippen molar-refractivity contribution in [3.63, 3.8) is 0 Å². The van der Waals surface area contributed by atoms with E-state index in [2.05, 4.69) is 20.5 Å². The van der Waals surface area contributed by atoms with Gasteiger partial charge in [0.1, 0.15) is 5.75 Å². The summed E-state index contributed by atoms with van der Waals surface area (Å²) < 4.78 is 10.6. The van der Waals surface area contributed by atoms with Gasteiger partial charge in [0, 0.05) is 24.5 Å². The van der Waals surface area contributed by atoms with Gasteiger partial charge in [0.05, 0.1) is 12.9 Å². The van der Waals surface area contributed by atoms with Crippen LogP contribution in [0.5, 0.6) is 5.75 Å². The molecule has 7 nitrogen and oxygen atoms in total. The number of rotatable bonds is 7. The average Bonchev–Trinajstić information content (AvgIpc) is 3.15. The molecule has 3 rings (SSSR count). The van der Waals surface area contributed by atoms with Gasteiger partial charge in [-0.15, -0.1) is 10.2 Å². The molecule has 1 N–H and O–H groups in total. The van der Waals surface area contributed by atoms with E-state index in [4.69, 9.17) is 9.15 Å². The van der Waals surface area contributed by atoms with Gasteiger partial charge in [-0.2, -0.15) is 0 Å². The second-order valence-corrected chi connectivity index (χ2v) is 5.95. The largest absolute Gasteiger partial charge is 0.497 e. The average molecular weight is 356 g/mol. The normalized spacial score (nSPS) is 10.4. The number of ether oxygens (including phenoxy) is 1. The number of aromatic nitrogens is 3. The van der Waals surface area contributed by atoms with Crippen molar-refractivity contribution in [2.24, 2.45) is 0 Å². The molecule has 0 atom stereocenters. The fourth-order valence-electron chi connectivity index (χ4n) is 2.00. The van der Waals surface area contributed by atoms with Gasteiger partial charge in [-0.1, -0.05) is 23.9 Å². The smallest absolute Gasteiger partial charge is 0.277 e. The summed E-state index contributed by atoms with van der Waals surface area (Å²) in [6.07, 6.45) is 3.30. The zero-order chi connectivity index (χ0) is 17.5. The van der Waals surface area contributed by atoms with E-state index < -0.39 is 0 Å². The van der Waals surface area contributed by atoms with E-state index in [0.29, 0.717) is 17.7 Å². The van der Waals surface area contributed by atoms with Crippen molar-refractivity contribution in [3.8, 4) is 17.2 Å². The number of nitrogens with zero attached hydrogens (tertiary/aromatic N) is 3. The predicted octanol–water partition coefficient (Wildman–Crippen LogP) is 2.55. The maximum Gasteiger partial charge on any atom is 0.277 e. The molecule has 0 spiro atoms. The third-order valence-corrected chi connectivity index (χ3v) is 4.13. The zero-order valence-corrected chi connectivity index (χ0v) is 14.3. The Labute approximate surface area is 148 Å². The Hall–Kier alpha value is -2.87. The minimum atomic E-state index is -0.107. The van der Waals surface area contributed by atoms with E-state index in [1.54, 1.807) is 31.6 Å². The first-order chi connectivity index (χ1) is 12.2. The molecular weight excluding hydrogens is 340 g/mol. The molecule has 0 aliphatic rings. The van der Waals surface area contributed by atoms with Gasteiger partial charge < -0.3 is 14.5 Å². The minimum Gasteiger partial charge on any atom is -0.497 e. The van der Waals surface area contributed by atoms with Crippen molar-refractivity contribution >= 4 is 17.7 Å². The summed E-state index contributed by atoms with van der Waals surface area (Å²) >= 11 is 1.20. The van der Waals surface area contributed by atoms with Gasteiger partial charge >= 0.3 is 0 Å². The molecule has 0 bridgehead atoms. The molecule has 1 amide bonds. The van der Waals surface area contributed by atoms with Gasteiger partial charge in [-0.05, 0) is 29.8 Å². The molecule has 0 aliphatic heterocycles. The summed E-state index contributed by atoms with van der Waals surface area (Å²) in [5, 5.41) is 11.1. The Balaban J connectivity index is 1.46. The molecule has 0 radical (unpaired) electrons. The number of carbonyl (C=O) groups is 1. The van der Waals surface area contributed by atoms with Crippen LogP contribution in [0.25, 0.3) is 11.5 Å². The van der Waals surface area contributed by atoms with Gasteiger partial charge in [0.2, 0.25) is 11.8 Å². The Morgan fingerprint density at radius 1 is 1.16 bits per heavy atom. The summed E-state index contributed by atoms with van der Waals surface area (Å²) in [6.45, 7) is 0.454. The minimum absolute atomic E-state index is 0.107. The number of nitrogens with one attached hydrogen (secondary N) is 1. The Morgan fingerprint density at radius 2 is 1.92 bits per heavy atom. The highest BCUT2D eigenvalue weighted by Crippen LogP contribution is 2.22. The van der Waals surface area contributed by atoms with Crippen molar-refractivity contribution in [1.82, 2.24) is 20.5 Å². The quantitative estimate of drug-likeness (QED) is 0.651. The Bertz CT molecular complexity index is 821. The van der Waals surface area contributed by atoms with Crippen LogP contribution >= 0.6 is 11.8 Å². The summed E-state index contributed by atoms with van der Waals surface area (Å²) in [5.41, 5.74) is 1.79. The molecule has 8 heteroatoms. The highest BCUT2D eigenvalue weighted by Gasteiger charge is 2.11. The highest BCUT2D eigenvalue weighted by atomic mass is 32.2. The molecule has 128 valence electrons. The molecule has 0 unspecified atom stereocenters. The number of hydrogen-bond donors (Lipinski definition) is 1. The van der Waals surface area contributed by atoms with Crippen molar-refractivity contribution in [2.75, 3.05) is 12.9 Å². The molecule has 2 heterocycles. The SMILES string of the molecule is COc1ccc(CNC(=O)CSc2nnc(-c3ccncc3)o2)cc1. The van der Waals surface area contributed by atoms with Crippen molar-refractivity contribution in [3.05, 3.63) is 54.4 Å². The summed E-state index contributed by atoms with van der Waals surface area (Å²) in [5.74, 6) is 1.29. The number of benzene rings is 1. The van der Waals surface area contributed by atoms with E-state index >= 15 is 0 Å². The van der Waals surface area contributed by atoms with E-state index in [-0.39, 0.29) is 11.7 Å². The molecule has 0 saturated carbocycles. The van der Waals surface area contributed by atoms with Crippen LogP contribution in [0.2, 0.25) is 0 Å².